The highest BCUT2D eigenvalue weighted by Crippen LogP contribution is 2.25. The van der Waals surface area contributed by atoms with Crippen LogP contribution in [0.1, 0.15) is 39.2 Å². The van der Waals surface area contributed by atoms with E-state index in [4.69, 9.17) is 4.74 Å². The maximum absolute atomic E-state index is 12.4. The lowest BCUT2D eigenvalue weighted by Gasteiger charge is -2.32. The minimum absolute atomic E-state index is 0.0366. The quantitative estimate of drug-likeness (QED) is 0.871. The highest BCUT2D eigenvalue weighted by molar-refractivity contribution is 5.85. The molecule has 0 saturated carbocycles. The Morgan fingerprint density at radius 2 is 2.00 bits per heavy atom. The van der Waals surface area contributed by atoms with E-state index in [1.165, 1.54) is 0 Å². The molecule has 152 valence electrons. The van der Waals surface area contributed by atoms with Crippen LogP contribution in [-0.2, 0) is 4.74 Å². The first-order chi connectivity index (χ1) is 13.5. The Kier molecular flexibility index (Phi) is 5.39. The largest absolute Gasteiger partial charge is 0.445 e. The number of nitrogens with zero attached hydrogens (tertiary/aromatic N) is 5. The van der Waals surface area contributed by atoms with Crippen LogP contribution in [0.15, 0.2) is 18.6 Å². The van der Waals surface area contributed by atoms with Gasteiger partial charge in [0.1, 0.15) is 11.6 Å². The number of amides is 1. The number of nitrogens with one attached hydrogen (secondary N) is 1. The first-order valence-electron chi connectivity index (χ1n) is 10.2. The van der Waals surface area contributed by atoms with Gasteiger partial charge < -0.3 is 24.4 Å². The van der Waals surface area contributed by atoms with Crippen molar-refractivity contribution in [1.29, 1.82) is 0 Å². The SMILES string of the molecule is CC(C)n1cnc2c(NC3CCN(C(=O)O[C@H]4CCN(C)C4)CC3)ccnc21. The van der Waals surface area contributed by atoms with Crippen LogP contribution in [0.3, 0.4) is 0 Å². The van der Waals surface area contributed by atoms with Crippen molar-refractivity contribution in [2.45, 2.75) is 51.3 Å². The molecule has 0 bridgehead atoms. The van der Waals surface area contributed by atoms with E-state index in [1.54, 1.807) is 0 Å². The van der Waals surface area contributed by atoms with Gasteiger partial charge in [0, 0.05) is 44.5 Å². The third kappa shape index (κ3) is 3.92. The Labute approximate surface area is 165 Å². The maximum atomic E-state index is 12.4. The zero-order chi connectivity index (χ0) is 19.7. The fourth-order valence-corrected chi connectivity index (χ4v) is 4.06. The average molecular weight is 387 g/mol. The number of rotatable bonds is 4. The molecule has 2 aliphatic rings. The average Bonchev–Trinajstić information content (AvgIpc) is 3.29. The van der Waals surface area contributed by atoms with E-state index in [9.17, 15) is 4.79 Å². The second kappa shape index (κ2) is 7.95. The number of hydrogen-bond acceptors (Lipinski definition) is 6. The fraction of sp³-hybridized carbons (Fsp3) is 0.650. The van der Waals surface area contributed by atoms with E-state index in [0.29, 0.717) is 25.2 Å². The van der Waals surface area contributed by atoms with Gasteiger partial charge in [-0.25, -0.2) is 14.8 Å². The van der Waals surface area contributed by atoms with Gasteiger partial charge >= 0.3 is 6.09 Å². The molecule has 0 radical (unpaired) electrons. The van der Waals surface area contributed by atoms with Gasteiger partial charge in [-0.3, -0.25) is 0 Å². The Morgan fingerprint density at radius 3 is 2.68 bits per heavy atom. The predicted molar refractivity (Wildman–Crippen MR) is 109 cm³/mol. The molecule has 1 N–H and O–H groups in total. The molecule has 0 aliphatic carbocycles. The van der Waals surface area contributed by atoms with Gasteiger partial charge in [-0.2, -0.15) is 0 Å². The minimum Gasteiger partial charge on any atom is -0.445 e. The summed E-state index contributed by atoms with van der Waals surface area (Å²) in [5, 5.41) is 3.61. The van der Waals surface area contributed by atoms with Crippen molar-refractivity contribution in [3.63, 3.8) is 0 Å². The number of carbonyl (C=O) groups is 1. The lowest BCUT2D eigenvalue weighted by Crippen LogP contribution is -2.43. The van der Waals surface area contributed by atoms with Gasteiger partial charge in [0.25, 0.3) is 0 Å². The van der Waals surface area contributed by atoms with Gasteiger partial charge in [-0.15, -0.1) is 0 Å². The number of imidazole rings is 1. The summed E-state index contributed by atoms with van der Waals surface area (Å²) in [6.07, 6.45) is 6.28. The number of ether oxygens (including phenoxy) is 1. The molecule has 2 aromatic heterocycles. The van der Waals surface area contributed by atoms with E-state index in [0.717, 1.165) is 49.2 Å². The molecule has 2 fully saturated rings. The first-order valence-corrected chi connectivity index (χ1v) is 10.2. The monoisotopic (exact) mass is 386 g/mol. The molecule has 8 nitrogen and oxygen atoms in total. The summed E-state index contributed by atoms with van der Waals surface area (Å²) in [6, 6.07) is 2.62. The Bertz CT molecular complexity index is 827. The van der Waals surface area contributed by atoms with Crippen molar-refractivity contribution in [3.05, 3.63) is 18.6 Å². The number of likely N-dealkylation sites (tertiary alicyclic amines) is 2. The number of hydrogen-bond donors (Lipinski definition) is 1. The van der Waals surface area contributed by atoms with Crippen LogP contribution in [0.25, 0.3) is 11.2 Å². The summed E-state index contributed by atoms with van der Waals surface area (Å²) in [7, 11) is 2.06. The third-order valence-corrected chi connectivity index (χ3v) is 5.75. The summed E-state index contributed by atoms with van der Waals surface area (Å²) < 4.78 is 7.74. The Hall–Kier alpha value is -2.35. The van der Waals surface area contributed by atoms with Gasteiger partial charge in [-0.1, -0.05) is 0 Å². The zero-order valence-corrected chi connectivity index (χ0v) is 17.0. The highest BCUT2D eigenvalue weighted by Gasteiger charge is 2.28. The molecule has 1 amide bonds. The van der Waals surface area contributed by atoms with Gasteiger partial charge in [-0.05, 0) is 46.2 Å². The van der Waals surface area contributed by atoms with Crippen molar-refractivity contribution in [2.24, 2.45) is 0 Å². The second-order valence-electron chi connectivity index (χ2n) is 8.24. The van der Waals surface area contributed by atoms with Gasteiger partial charge in [0.2, 0.25) is 0 Å². The topological polar surface area (TPSA) is 75.5 Å². The van der Waals surface area contributed by atoms with Crippen molar-refractivity contribution in [1.82, 2.24) is 24.3 Å². The van der Waals surface area contributed by atoms with Gasteiger partial charge in [0.05, 0.1) is 12.0 Å². The van der Waals surface area contributed by atoms with Crippen LogP contribution in [0.4, 0.5) is 10.5 Å². The van der Waals surface area contributed by atoms with E-state index >= 15 is 0 Å². The predicted octanol–water partition coefficient (Wildman–Crippen LogP) is 2.73. The van der Waals surface area contributed by atoms with Crippen LogP contribution < -0.4 is 5.32 Å². The normalized spacial score (nSPS) is 21.6. The van der Waals surface area contributed by atoms with E-state index < -0.39 is 0 Å². The van der Waals surface area contributed by atoms with Crippen molar-refractivity contribution in [3.8, 4) is 0 Å². The van der Waals surface area contributed by atoms with Crippen LogP contribution in [0, 0.1) is 0 Å². The molecule has 1 atom stereocenters. The third-order valence-electron chi connectivity index (χ3n) is 5.75. The number of aromatic nitrogens is 3. The Balaban J connectivity index is 1.33. The highest BCUT2D eigenvalue weighted by atomic mass is 16.6. The molecule has 4 rings (SSSR count). The summed E-state index contributed by atoms with van der Waals surface area (Å²) >= 11 is 0. The molecular formula is C20H30N6O2. The minimum atomic E-state index is -0.166. The molecule has 8 heteroatoms. The van der Waals surface area contributed by atoms with E-state index in [-0.39, 0.29) is 12.2 Å². The molecule has 0 spiro atoms. The van der Waals surface area contributed by atoms with Crippen LogP contribution >= 0.6 is 0 Å². The molecule has 28 heavy (non-hydrogen) atoms. The summed E-state index contributed by atoms with van der Waals surface area (Å²) in [6.45, 7) is 7.52. The Morgan fingerprint density at radius 1 is 1.21 bits per heavy atom. The molecule has 4 heterocycles. The summed E-state index contributed by atoms with van der Waals surface area (Å²) in [4.78, 5) is 25.5. The fourth-order valence-electron chi connectivity index (χ4n) is 4.06. The molecule has 2 saturated heterocycles. The second-order valence-corrected chi connectivity index (χ2v) is 8.24. The van der Waals surface area contributed by atoms with E-state index in [1.807, 2.05) is 23.5 Å². The maximum Gasteiger partial charge on any atom is 0.410 e. The zero-order valence-electron chi connectivity index (χ0n) is 17.0. The molecule has 2 aromatic rings. The molecule has 0 unspecified atom stereocenters. The molecular weight excluding hydrogens is 356 g/mol. The number of pyridine rings is 1. The lowest BCUT2D eigenvalue weighted by molar-refractivity contribution is 0.0608. The number of anilines is 1. The standard InChI is InChI=1S/C20H30N6O2/c1-14(2)26-13-22-18-17(4-8-21-19(18)26)23-15-5-10-25(11-6-15)20(27)28-16-7-9-24(3)12-16/h4,8,13-16H,5-7,9-12H2,1-3H3,(H,21,23)/t16-/m0/s1. The number of fused-ring (bicyclic) bond motifs is 1. The lowest BCUT2D eigenvalue weighted by atomic mass is 10.1. The van der Waals surface area contributed by atoms with Crippen LogP contribution in [0.2, 0.25) is 0 Å². The van der Waals surface area contributed by atoms with Crippen molar-refractivity contribution >= 4 is 22.9 Å². The smallest absolute Gasteiger partial charge is 0.410 e. The van der Waals surface area contributed by atoms with Crippen molar-refractivity contribution in [2.75, 3.05) is 38.5 Å². The summed E-state index contributed by atoms with van der Waals surface area (Å²) in [5.74, 6) is 0. The van der Waals surface area contributed by atoms with Gasteiger partial charge in [0.15, 0.2) is 5.65 Å². The van der Waals surface area contributed by atoms with Crippen LogP contribution in [-0.4, -0.2) is 75.8 Å². The molecule has 2 aliphatic heterocycles. The van der Waals surface area contributed by atoms with Crippen LogP contribution in [0.5, 0.6) is 0 Å². The number of piperidine rings is 1. The number of likely N-dealkylation sites (N-methyl/N-ethyl adjacent to an activating group) is 1. The summed E-state index contributed by atoms with van der Waals surface area (Å²) in [5.41, 5.74) is 2.82. The molecule has 0 aromatic carbocycles. The number of carbonyl (C=O) groups excluding carboxylic acids is 1. The van der Waals surface area contributed by atoms with E-state index in [2.05, 4.69) is 45.6 Å². The first kappa shape index (κ1) is 19.0. The van der Waals surface area contributed by atoms with Crippen molar-refractivity contribution < 1.29 is 9.53 Å².